The number of sulfone groups is 1. The van der Waals surface area contributed by atoms with Gasteiger partial charge < -0.3 is 10.2 Å². The van der Waals surface area contributed by atoms with Gasteiger partial charge in [0.2, 0.25) is 0 Å². The van der Waals surface area contributed by atoms with Crippen LogP contribution >= 0.6 is 0 Å². The Hall–Kier alpha value is -2.55. The zero-order valence-electron chi connectivity index (χ0n) is 14.2. The summed E-state index contributed by atoms with van der Waals surface area (Å²) in [7, 11) is -3.08. The van der Waals surface area contributed by atoms with E-state index in [1.54, 1.807) is 25.1 Å². The molecule has 0 aliphatic carbocycles. The first kappa shape index (κ1) is 18.2. The highest BCUT2D eigenvalue weighted by molar-refractivity contribution is 7.91. The third-order valence-corrected chi connectivity index (χ3v) is 5.98. The molecule has 2 aromatic rings. The van der Waals surface area contributed by atoms with Gasteiger partial charge in [0.15, 0.2) is 21.3 Å². The summed E-state index contributed by atoms with van der Waals surface area (Å²) in [6, 6.07) is 8.67. The van der Waals surface area contributed by atoms with Crippen LogP contribution in [0.2, 0.25) is 0 Å². The molecule has 0 bridgehead atoms. The molecule has 1 aromatic carbocycles. The zero-order valence-corrected chi connectivity index (χ0v) is 15.0. The van der Waals surface area contributed by atoms with Gasteiger partial charge in [-0.3, -0.25) is 4.79 Å². The molecular formula is C17H19FN4O3S. The molecule has 9 heteroatoms. The molecule has 1 aliphatic rings. The van der Waals surface area contributed by atoms with E-state index in [-0.39, 0.29) is 35.0 Å². The van der Waals surface area contributed by atoms with E-state index in [2.05, 4.69) is 15.5 Å². The van der Waals surface area contributed by atoms with Crippen LogP contribution in [0.15, 0.2) is 36.4 Å². The second-order valence-corrected chi connectivity index (χ2v) is 8.32. The summed E-state index contributed by atoms with van der Waals surface area (Å²) in [6.07, 6.45) is 0.439. The minimum atomic E-state index is -3.08. The monoisotopic (exact) mass is 378 g/mol. The first-order chi connectivity index (χ1) is 12.4. The van der Waals surface area contributed by atoms with Crippen molar-refractivity contribution in [1.29, 1.82) is 0 Å². The van der Waals surface area contributed by atoms with Crippen molar-refractivity contribution in [3.05, 3.63) is 47.9 Å². The summed E-state index contributed by atoms with van der Waals surface area (Å²) < 4.78 is 36.5. The lowest BCUT2D eigenvalue weighted by atomic mass is 10.2. The Morgan fingerprint density at radius 2 is 2.12 bits per heavy atom. The number of nitrogens with zero attached hydrogens (tertiary/aromatic N) is 3. The SMILES string of the molecule is CCN(C(=O)c1ccc(Nc2cccc(F)c2)nn1)C1CCS(=O)(=O)C1. The van der Waals surface area contributed by atoms with Crippen molar-refractivity contribution in [1.82, 2.24) is 15.1 Å². The van der Waals surface area contributed by atoms with Gasteiger partial charge in [0.25, 0.3) is 5.91 Å². The molecule has 0 saturated carbocycles. The number of benzene rings is 1. The largest absolute Gasteiger partial charge is 0.339 e. The molecule has 1 fully saturated rings. The maximum Gasteiger partial charge on any atom is 0.274 e. The van der Waals surface area contributed by atoms with Crippen molar-refractivity contribution in [2.75, 3.05) is 23.4 Å². The van der Waals surface area contributed by atoms with E-state index in [4.69, 9.17) is 0 Å². The predicted molar refractivity (Wildman–Crippen MR) is 95.5 cm³/mol. The van der Waals surface area contributed by atoms with Crippen molar-refractivity contribution in [2.45, 2.75) is 19.4 Å². The molecule has 0 spiro atoms. The second kappa shape index (κ2) is 7.36. The van der Waals surface area contributed by atoms with Crippen molar-refractivity contribution in [2.24, 2.45) is 0 Å². The number of carbonyl (C=O) groups is 1. The number of amides is 1. The van der Waals surface area contributed by atoms with Gasteiger partial charge in [-0.1, -0.05) is 6.07 Å². The highest BCUT2D eigenvalue weighted by Crippen LogP contribution is 2.20. The van der Waals surface area contributed by atoms with Crippen molar-refractivity contribution >= 4 is 27.2 Å². The molecule has 1 amide bonds. The van der Waals surface area contributed by atoms with Gasteiger partial charge in [-0.05, 0) is 43.7 Å². The Labute approximate surface area is 151 Å². The lowest BCUT2D eigenvalue weighted by molar-refractivity contribution is 0.0701. The van der Waals surface area contributed by atoms with E-state index in [0.717, 1.165) is 0 Å². The summed E-state index contributed by atoms with van der Waals surface area (Å²) in [5.41, 5.74) is 0.658. The van der Waals surface area contributed by atoms with Crippen LogP contribution in [0.5, 0.6) is 0 Å². The van der Waals surface area contributed by atoms with Gasteiger partial charge in [-0.25, -0.2) is 12.8 Å². The molecule has 0 radical (unpaired) electrons. The Morgan fingerprint density at radius 1 is 1.31 bits per heavy atom. The first-order valence-corrected chi connectivity index (χ1v) is 10.1. The van der Waals surface area contributed by atoms with E-state index < -0.39 is 9.84 Å². The number of aromatic nitrogens is 2. The Bertz CT molecular complexity index is 902. The van der Waals surface area contributed by atoms with Crippen LogP contribution in [0.25, 0.3) is 0 Å². The van der Waals surface area contributed by atoms with Gasteiger partial charge >= 0.3 is 0 Å². The summed E-state index contributed by atoms with van der Waals surface area (Å²) >= 11 is 0. The Balaban J connectivity index is 1.71. The molecule has 1 aliphatic heterocycles. The maximum absolute atomic E-state index is 13.2. The molecule has 138 valence electrons. The molecule has 1 saturated heterocycles. The standard InChI is InChI=1S/C17H19FN4O3S/c1-2-22(14-8-9-26(24,25)11-14)17(23)15-6-7-16(21-20-15)19-13-5-3-4-12(18)10-13/h3-7,10,14H,2,8-9,11H2,1H3,(H,19,21). The Kier molecular flexibility index (Phi) is 5.17. The quantitative estimate of drug-likeness (QED) is 0.856. The van der Waals surface area contributed by atoms with Gasteiger partial charge in [-0.15, -0.1) is 10.2 Å². The van der Waals surface area contributed by atoms with Gasteiger partial charge in [-0.2, -0.15) is 0 Å². The average molecular weight is 378 g/mol. The number of rotatable bonds is 5. The lowest BCUT2D eigenvalue weighted by Crippen LogP contribution is -2.41. The van der Waals surface area contributed by atoms with Crippen LogP contribution in [0.4, 0.5) is 15.9 Å². The number of halogens is 1. The van der Waals surface area contributed by atoms with Crippen molar-refractivity contribution < 1.29 is 17.6 Å². The van der Waals surface area contributed by atoms with Gasteiger partial charge in [0.1, 0.15) is 5.82 Å². The zero-order chi connectivity index (χ0) is 18.7. The third-order valence-electron chi connectivity index (χ3n) is 4.23. The maximum atomic E-state index is 13.2. The fourth-order valence-corrected chi connectivity index (χ4v) is 4.69. The molecule has 7 nitrogen and oxygen atoms in total. The summed E-state index contributed by atoms with van der Waals surface area (Å²) in [4.78, 5) is 14.2. The van der Waals surface area contributed by atoms with E-state index in [1.165, 1.54) is 23.1 Å². The summed E-state index contributed by atoms with van der Waals surface area (Å²) in [5.74, 6) is -0.263. The highest BCUT2D eigenvalue weighted by Gasteiger charge is 2.34. The Morgan fingerprint density at radius 3 is 2.69 bits per heavy atom. The predicted octanol–water partition coefficient (Wildman–Crippen LogP) is 2.01. The molecule has 2 heterocycles. The molecule has 26 heavy (non-hydrogen) atoms. The minimum absolute atomic E-state index is 0.0147. The van der Waals surface area contributed by atoms with E-state index >= 15 is 0 Å². The van der Waals surface area contributed by atoms with E-state index in [0.29, 0.717) is 24.5 Å². The number of anilines is 2. The van der Waals surface area contributed by atoms with Gasteiger partial charge in [0, 0.05) is 18.3 Å². The molecular weight excluding hydrogens is 359 g/mol. The highest BCUT2D eigenvalue weighted by atomic mass is 32.2. The minimum Gasteiger partial charge on any atom is -0.339 e. The molecule has 1 aromatic heterocycles. The number of hydrogen-bond acceptors (Lipinski definition) is 6. The van der Waals surface area contributed by atoms with Crippen molar-refractivity contribution in [3.63, 3.8) is 0 Å². The average Bonchev–Trinajstić information content (AvgIpc) is 2.96. The number of nitrogens with one attached hydrogen (secondary N) is 1. The number of hydrogen-bond donors (Lipinski definition) is 1. The van der Waals surface area contributed by atoms with Crippen LogP contribution in [-0.2, 0) is 9.84 Å². The fraction of sp³-hybridized carbons (Fsp3) is 0.353. The first-order valence-electron chi connectivity index (χ1n) is 8.25. The van der Waals surface area contributed by atoms with Crippen molar-refractivity contribution in [3.8, 4) is 0 Å². The molecule has 1 N–H and O–H groups in total. The summed E-state index contributed by atoms with van der Waals surface area (Å²) in [5, 5.41) is 10.8. The van der Waals surface area contributed by atoms with Crippen LogP contribution in [0.3, 0.4) is 0 Å². The topological polar surface area (TPSA) is 92.3 Å². The summed E-state index contributed by atoms with van der Waals surface area (Å²) in [6.45, 7) is 2.19. The number of carbonyl (C=O) groups excluding carboxylic acids is 1. The molecule has 1 atom stereocenters. The molecule has 3 rings (SSSR count). The van der Waals surface area contributed by atoms with Crippen LogP contribution < -0.4 is 5.32 Å². The lowest BCUT2D eigenvalue weighted by Gasteiger charge is -2.26. The van der Waals surface area contributed by atoms with Crippen LogP contribution in [0.1, 0.15) is 23.8 Å². The van der Waals surface area contributed by atoms with Crippen LogP contribution in [0, 0.1) is 5.82 Å². The van der Waals surface area contributed by atoms with E-state index in [1.807, 2.05) is 0 Å². The van der Waals surface area contributed by atoms with Gasteiger partial charge in [0.05, 0.1) is 11.5 Å². The fourth-order valence-electron chi connectivity index (χ4n) is 2.96. The second-order valence-electron chi connectivity index (χ2n) is 6.09. The van der Waals surface area contributed by atoms with Crippen LogP contribution in [-0.4, -0.2) is 53.5 Å². The van der Waals surface area contributed by atoms with E-state index in [9.17, 15) is 17.6 Å². The third kappa shape index (κ3) is 4.16. The normalized spacial score (nSPS) is 18.5. The smallest absolute Gasteiger partial charge is 0.274 e. The molecule has 1 unspecified atom stereocenters.